The van der Waals surface area contributed by atoms with Crippen LogP contribution in [0.3, 0.4) is 0 Å². The zero-order valence-corrected chi connectivity index (χ0v) is 14.5. The Balaban J connectivity index is 1.88. The smallest absolute Gasteiger partial charge is 0.264 e. The molecule has 126 valence electrons. The van der Waals surface area contributed by atoms with Gasteiger partial charge in [0.2, 0.25) is 0 Å². The number of nitriles is 1. The molecule has 0 saturated heterocycles. The Kier molecular flexibility index (Phi) is 4.85. The van der Waals surface area contributed by atoms with Crippen LogP contribution in [-0.2, 0) is 17.8 Å². The molecule has 0 N–H and O–H groups in total. The summed E-state index contributed by atoms with van der Waals surface area (Å²) in [6.45, 7) is 3.13. The van der Waals surface area contributed by atoms with E-state index >= 15 is 0 Å². The molecule has 1 amide bonds. The number of hydrogen-bond donors (Lipinski definition) is 0. The van der Waals surface area contributed by atoms with Crippen molar-refractivity contribution in [1.29, 1.82) is 5.26 Å². The van der Waals surface area contributed by atoms with Gasteiger partial charge in [-0.2, -0.15) is 5.26 Å². The standard InChI is InChI=1S/C21H20N2O2/c1-15-7-8-20(25-2)18(11-15)12-19(13-22)21(24)23-10-9-16-5-3-4-6-17(16)14-23/h3-8,11-12H,9-10,14H2,1-2H3/b19-12+. The highest BCUT2D eigenvalue weighted by Gasteiger charge is 2.23. The van der Waals surface area contributed by atoms with Gasteiger partial charge in [-0.25, -0.2) is 0 Å². The molecule has 0 bridgehead atoms. The van der Waals surface area contributed by atoms with Gasteiger partial charge < -0.3 is 9.64 Å². The third-order valence-corrected chi connectivity index (χ3v) is 4.45. The first kappa shape index (κ1) is 16.8. The summed E-state index contributed by atoms with van der Waals surface area (Å²) in [5, 5.41) is 9.51. The summed E-state index contributed by atoms with van der Waals surface area (Å²) in [5.41, 5.74) is 4.33. The van der Waals surface area contributed by atoms with Gasteiger partial charge in [0.25, 0.3) is 5.91 Å². The van der Waals surface area contributed by atoms with Crippen LogP contribution in [0.4, 0.5) is 0 Å². The number of aryl methyl sites for hydroxylation is 1. The molecule has 0 fully saturated rings. The van der Waals surface area contributed by atoms with E-state index in [1.54, 1.807) is 18.1 Å². The number of amides is 1. The van der Waals surface area contributed by atoms with Crippen molar-refractivity contribution in [3.63, 3.8) is 0 Å². The molecule has 0 aliphatic carbocycles. The Morgan fingerprint density at radius 2 is 2.00 bits per heavy atom. The Morgan fingerprint density at radius 3 is 2.72 bits per heavy atom. The minimum Gasteiger partial charge on any atom is -0.496 e. The largest absolute Gasteiger partial charge is 0.496 e. The zero-order chi connectivity index (χ0) is 17.8. The van der Waals surface area contributed by atoms with E-state index in [9.17, 15) is 10.1 Å². The third-order valence-electron chi connectivity index (χ3n) is 4.45. The highest BCUT2D eigenvalue weighted by molar-refractivity contribution is 6.02. The van der Waals surface area contributed by atoms with Crippen LogP contribution in [0.1, 0.15) is 22.3 Å². The van der Waals surface area contributed by atoms with Gasteiger partial charge in [0.05, 0.1) is 7.11 Å². The number of methoxy groups -OCH3 is 1. The van der Waals surface area contributed by atoms with Crippen LogP contribution in [0.25, 0.3) is 6.08 Å². The van der Waals surface area contributed by atoms with Crippen LogP contribution < -0.4 is 4.74 Å². The fourth-order valence-electron chi connectivity index (χ4n) is 3.10. The number of carbonyl (C=O) groups is 1. The summed E-state index contributed by atoms with van der Waals surface area (Å²) in [7, 11) is 1.58. The van der Waals surface area contributed by atoms with Crippen LogP contribution in [0.2, 0.25) is 0 Å². The predicted molar refractivity (Wildman–Crippen MR) is 96.9 cm³/mol. The average molecular weight is 332 g/mol. The Morgan fingerprint density at radius 1 is 1.24 bits per heavy atom. The van der Waals surface area contributed by atoms with E-state index in [4.69, 9.17) is 4.74 Å². The monoisotopic (exact) mass is 332 g/mol. The molecule has 0 radical (unpaired) electrons. The van der Waals surface area contributed by atoms with Crippen molar-refractivity contribution in [2.24, 2.45) is 0 Å². The Labute approximate surface area is 148 Å². The quantitative estimate of drug-likeness (QED) is 0.638. The van der Waals surface area contributed by atoms with Crippen molar-refractivity contribution in [3.8, 4) is 11.8 Å². The first-order chi connectivity index (χ1) is 12.1. The minimum absolute atomic E-state index is 0.128. The van der Waals surface area contributed by atoms with Crippen LogP contribution in [-0.4, -0.2) is 24.5 Å². The number of fused-ring (bicyclic) bond motifs is 1. The van der Waals surface area contributed by atoms with E-state index in [2.05, 4.69) is 12.1 Å². The molecule has 1 aliphatic rings. The molecule has 1 aliphatic heterocycles. The molecular formula is C21H20N2O2. The van der Waals surface area contributed by atoms with E-state index in [0.717, 1.165) is 23.1 Å². The van der Waals surface area contributed by atoms with Gasteiger partial charge in [-0.05, 0) is 42.7 Å². The topological polar surface area (TPSA) is 53.3 Å². The zero-order valence-electron chi connectivity index (χ0n) is 14.5. The molecule has 3 rings (SSSR count). The first-order valence-corrected chi connectivity index (χ1v) is 8.25. The van der Waals surface area contributed by atoms with E-state index in [1.165, 1.54) is 5.56 Å². The number of nitrogens with zero attached hydrogens (tertiary/aromatic N) is 2. The van der Waals surface area contributed by atoms with Crippen LogP contribution >= 0.6 is 0 Å². The summed E-state index contributed by atoms with van der Waals surface area (Å²) in [6.07, 6.45) is 2.43. The highest BCUT2D eigenvalue weighted by Crippen LogP contribution is 2.24. The number of rotatable bonds is 3. The highest BCUT2D eigenvalue weighted by atomic mass is 16.5. The van der Waals surface area contributed by atoms with E-state index < -0.39 is 0 Å². The van der Waals surface area contributed by atoms with Crippen LogP contribution in [0.5, 0.6) is 5.75 Å². The van der Waals surface area contributed by atoms with Gasteiger partial charge in [-0.15, -0.1) is 0 Å². The summed E-state index contributed by atoms with van der Waals surface area (Å²) in [4.78, 5) is 14.6. The van der Waals surface area contributed by atoms with Gasteiger partial charge in [0, 0.05) is 18.7 Å². The number of ether oxygens (including phenoxy) is 1. The van der Waals surface area contributed by atoms with E-state index in [-0.39, 0.29) is 11.5 Å². The first-order valence-electron chi connectivity index (χ1n) is 8.25. The second-order valence-corrected chi connectivity index (χ2v) is 6.16. The average Bonchev–Trinajstić information content (AvgIpc) is 2.65. The lowest BCUT2D eigenvalue weighted by Crippen LogP contribution is -2.36. The molecule has 2 aromatic rings. The van der Waals surface area contributed by atoms with Crippen molar-refractivity contribution >= 4 is 12.0 Å². The summed E-state index contributed by atoms with van der Waals surface area (Å²) in [5.74, 6) is 0.413. The summed E-state index contributed by atoms with van der Waals surface area (Å²) < 4.78 is 5.34. The third kappa shape index (κ3) is 3.56. The maximum Gasteiger partial charge on any atom is 0.264 e. The normalized spacial score (nSPS) is 13.8. The number of carbonyl (C=O) groups excluding carboxylic acids is 1. The molecule has 25 heavy (non-hydrogen) atoms. The molecule has 0 aromatic heterocycles. The maximum atomic E-state index is 12.8. The number of hydrogen-bond acceptors (Lipinski definition) is 3. The fourth-order valence-corrected chi connectivity index (χ4v) is 3.10. The lowest BCUT2D eigenvalue weighted by Gasteiger charge is -2.28. The van der Waals surface area contributed by atoms with Crippen molar-refractivity contribution in [2.45, 2.75) is 19.9 Å². The van der Waals surface area contributed by atoms with Crippen LogP contribution in [0, 0.1) is 18.3 Å². The van der Waals surface area contributed by atoms with Crippen molar-refractivity contribution < 1.29 is 9.53 Å². The molecular weight excluding hydrogens is 312 g/mol. The molecule has 0 saturated carbocycles. The molecule has 4 heteroatoms. The lowest BCUT2D eigenvalue weighted by atomic mass is 9.99. The summed E-state index contributed by atoms with van der Waals surface area (Å²) >= 11 is 0. The van der Waals surface area contributed by atoms with Crippen molar-refractivity contribution in [3.05, 3.63) is 70.3 Å². The molecule has 4 nitrogen and oxygen atoms in total. The molecule has 0 unspecified atom stereocenters. The van der Waals surface area contributed by atoms with E-state index in [0.29, 0.717) is 18.8 Å². The lowest BCUT2D eigenvalue weighted by molar-refractivity contribution is -0.127. The second kappa shape index (κ2) is 7.23. The van der Waals surface area contributed by atoms with Crippen LogP contribution in [0.15, 0.2) is 48.0 Å². The number of benzene rings is 2. The maximum absolute atomic E-state index is 12.8. The van der Waals surface area contributed by atoms with Gasteiger partial charge in [0.1, 0.15) is 17.4 Å². The molecule has 2 aromatic carbocycles. The molecule has 1 heterocycles. The van der Waals surface area contributed by atoms with Gasteiger partial charge in [0.15, 0.2) is 0 Å². The van der Waals surface area contributed by atoms with Gasteiger partial charge >= 0.3 is 0 Å². The SMILES string of the molecule is COc1ccc(C)cc1/C=C(\C#N)C(=O)N1CCc2ccccc2C1. The molecule has 0 spiro atoms. The van der Waals surface area contributed by atoms with E-state index in [1.807, 2.05) is 43.3 Å². The summed E-state index contributed by atoms with van der Waals surface area (Å²) in [6, 6.07) is 15.9. The van der Waals surface area contributed by atoms with Crippen molar-refractivity contribution in [2.75, 3.05) is 13.7 Å². The second-order valence-electron chi connectivity index (χ2n) is 6.16. The van der Waals surface area contributed by atoms with Gasteiger partial charge in [-0.3, -0.25) is 4.79 Å². The Hall–Kier alpha value is -3.06. The minimum atomic E-state index is -0.236. The fraction of sp³-hybridized carbons (Fsp3) is 0.238. The van der Waals surface area contributed by atoms with Gasteiger partial charge in [-0.1, -0.05) is 35.9 Å². The molecule has 0 atom stereocenters. The van der Waals surface area contributed by atoms with Crippen molar-refractivity contribution in [1.82, 2.24) is 4.90 Å². The predicted octanol–water partition coefficient (Wildman–Crippen LogP) is 3.50. The Bertz CT molecular complexity index is 878.